The fourth-order valence-electron chi connectivity index (χ4n) is 0.869. The molecule has 1 aliphatic carbocycles. The van der Waals surface area contributed by atoms with Gasteiger partial charge in [-0.3, -0.25) is 0 Å². The van der Waals surface area contributed by atoms with Crippen molar-refractivity contribution >= 4 is 4.68 Å². The first-order valence-corrected chi connectivity index (χ1v) is 4.94. The van der Waals surface area contributed by atoms with Crippen LogP contribution in [0.2, 0.25) is 0 Å². The Bertz CT molecular complexity index is 261. The van der Waals surface area contributed by atoms with Gasteiger partial charge in [0.1, 0.15) is 0 Å². The van der Waals surface area contributed by atoms with Crippen LogP contribution in [0.3, 0.4) is 0 Å². The van der Waals surface area contributed by atoms with E-state index in [4.69, 9.17) is 0 Å². The number of rotatable bonds is 4. The van der Waals surface area contributed by atoms with Crippen LogP contribution in [0.5, 0.6) is 0 Å². The predicted molar refractivity (Wildman–Crippen MR) is 46.3 cm³/mol. The summed E-state index contributed by atoms with van der Waals surface area (Å²) in [7, 11) is 0. The Morgan fingerprint density at radius 2 is 2.50 bits per heavy atom. The zero-order valence-corrected chi connectivity index (χ0v) is 8.22. The van der Waals surface area contributed by atoms with Crippen molar-refractivity contribution in [3.8, 4) is 0 Å². The molecule has 0 amide bonds. The molecule has 0 saturated carbocycles. The third-order valence-corrected chi connectivity index (χ3v) is 2.63. The number of allylic oxidation sites excluding steroid dienone is 5. The van der Waals surface area contributed by atoms with Crippen LogP contribution in [0.1, 0.15) is 19.8 Å². The van der Waals surface area contributed by atoms with Gasteiger partial charge in [0, 0.05) is 0 Å². The van der Waals surface area contributed by atoms with Crippen LogP contribution in [0, 0.1) is 0 Å². The molecule has 0 aromatic carbocycles. The van der Waals surface area contributed by atoms with Crippen molar-refractivity contribution < 1.29 is 19.8 Å². The van der Waals surface area contributed by atoms with Gasteiger partial charge in [-0.15, -0.1) is 0 Å². The molecule has 2 heteroatoms. The molecule has 0 saturated heterocycles. The minimum absolute atomic E-state index is 0.275. The quantitative estimate of drug-likeness (QED) is 0.507. The monoisotopic (exact) mass is 204 g/mol. The van der Waals surface area contributed by atoms with Crippen molar-refractivity contribution in [3.63, 3.8) is 0 Å². The molecule has 0 heterocycles. The van der Waals surface area contributed by atoms with E-state index in [-0.39, 0.29) is 4.68 Å². The fraction of sp³-hybridized carbons (Fsp3) is 0.300. The standard InChI is InChI=1S/C5H7O.C5H5.Fe/c1-5(2)3-4-6;1-2-4-5-3-1;/h1,3H2,2H3;1-3H,4H2;. The summed E-state index contributed by atoms with van der Waals surface area (Å²) in [5.74, 6) is 0. The van der Waals surface area contributed by atoms with Crippen molar-refractivity contribution in [2.24, 2.45) is 0 Å². The molecule has 0 aromatic heterocycles. The van der Waals surface area contributed by atoms with E-state index in [1.54, 1.807) is 0 Å². The summed E-state index contributed by atoms with van der Waals surface area (Å²) < 4.78 is 1.50. The van der Waals surface area contributed by atoms with E-state index >= 15 is 0 Å². The third kappa shape index (κ3) is 3.20. The van der Waals surface area contributed by atoms with E-state index in [9.17, 15) is 4.79 Å². The summed E-state index contributed by atoms with van der Waals surface area (Å²) >= 11 is 0.597. The molecule has 0 fully saturated rings. The third-order valence-electron chi connectivity index (χ3n) is 1.37. The first-order valence-electron chi connectivity index (χ1n) is 3.84. The Morgan fingerprint density at radius 1 is 1.75 bits per heavy atom. The second-order valence-electron chi connectivity index (χ2n) is 2.79. The van der Waals surface area contributed by atoms with Gasteiger partial charge < -0.3 is 0 Å². The van der Waals surface area contributed by atoms with Crippen LogP contribution < -0.4 is 0 Å². The van der Waals surface area contributed by atoms with Crippen molar-refractivity contribution in [2.75, 3.05) is 0 Å². The normalized spacial score (nSPS) is 14.9. The molecule has 12 heavy (non-hydrogen) atoms. The van der Waals surface area contributed by atoms with Gasteiger partial charge in [0.25, 0.3) is 0 Å². The Morgan fingerprint density at radius 3 is 3.00 bits per heavy atom. The average molecular weight is 204 g/mol. The van der Waals surface area contributed by atoms with E-state index in [1.807, 2.05) is 19.1 Å². The molecular weight excluding hydrogens is 192 g/mol. The van der Waals surface area contributed by atoms with Crippen LogP contribution in [-0.2, 0) is 19.8 Å². The van der Waals surface area contributed by atoms with Gasteiger partial charge in [-0.2, -0.15) is 0 Å². The summed E-state index contributed by atoms with van der Waals surface area (Å²) in [6.45, 7) is 5.60. The first kappa shape index (κ1) is 9.50. The zero-order valence-electron chi connectivity index (χ0n) is 7.12. The van der Waals surface area contributed by atoms with Crippen molar-refractivity contribution in [1.29, 1.82) is 0 Å². The van der Waals surface area contributed by atoms with Crippen LogP contribution in [0.4, 0.5) is 0 Å². The Hall–Kier alpha value is -0.591. The average Bonchev–Trinajstić information content (AvgIpc) is 2.37. The fourth-order valence-corrected chi connectivity index (χ4v) is 2.14. The predicted octanol–water partition coefficient (Wildman–Crippen LogP) is 2.41. The Kier molecular flexibility index (Phi) is 3.51. The van der Waals surface area contributed by atoms with Gasteiger partial charge in [-0.25, -0.2) is 0 Å². The molecule has 0 spiro atoms. The summed E-state index contributed by atoms with van der Waals surface area (Å²) in [5, 5.41) is 0. The van der Waals surface area contributed by atoms with Crippen molar-refractivity contribution in [1.82, 2.24) is 0 Å². The molecule has 0 bridgehead atoms. The molecule has 1 nitrogen and oxygen atoms in total. The minimum atomic E-state index is 0.275. The SMILES string of the molecule is C=C(C)C[C](=O)[Fe][C]1=CC=CC1. The molecule has 0 aromatic rings. The van der Waals surface area contributed by atoms with Gasteiger partial charge in [-0.1, -0.05) is 0 Å². The molecule has 66 valence electrons. The van der Waals surface area contributed by atoms with E-state index in [0.29, 0.717) is 21.4 Å². The molecule has 0 atom stereocenters. The van der Waals surface area contributed by atoms with Crippen molar-refractivity contribution in [2.45, 2.75) is 19.8 Å². The van der Waals surface area contributed by atoms with Gasteiger partial charge in [0.15, 0.2) is 0 Å². The molecule has 0 N–H and O–H groups in total. The Labute approximate surface area is 79.4 Å². The number of hydrogen-bond donors (Lipinski definition) is 0. The summed E-state index contributed by atoms with van der Waals surface area (Å²) in [6.07, 6.45) is 7.57. The van der Waals surface area contributed by atoms with Gasteiger partial charge in [0.2, 0.25) is 0 Å². The maximum atomic E-state index is 11.3. The van der Waals surface area contributed by atoms with Crippen LogP contribution in [0.15, 0.2) is 34.9 Å². The molecule has 1 rings (SSSR count). The molecule has 0 radical (unpaired) electrons. The first-order chi connectivity index (χ1) is 5.68. The second kappa shape index (κ2) is 4.44. The number of carbonyl (C=O) groups is 1. The maximum absolute atomic E-state index is 11.3. The molecule has 1 aliphatic rings. The number of hydrogen-bond acceptors (Lipinski definition) is 1. The summed E-state index contributed by atoms with van der Waals surface area (Å²) in [6, 6.07) is 0. The van der Waals surface area contributed by atoms with Gasteiger partial charge in [0.05, 0.1) is 0 Å². The zero-order chi connectivity index (χ0) is 8.97. The number of carbonyl (C=O) groups excluding carboxylic acids is 1. The van der Waals surface area contributed by atoms with E-state index in [2.05, 4.69) is 12.7 Å². The topological polar surface area (TPSA) is 17.1 Å². The van der Waals surface area contributed by atoms with E-state index < -0.39 is 0 Å². The molecule has 0 aliphatic heterocycles. The van der Waals surface area contributed by atoms with E-state index in [1.165, 1.54) is 4.47 Å². The Balaban J connectivity index is 2.32. The van der Waals surface area contributed by atoms with E-state index in [0.717, 1.165) is 12.0 Å². The summed E-state index contributed by atoms with van der Waals surface area (Å²) in [5.41, 5.74) is 0.951. The molecule has 0 unspecified atom stereocenters. The second-order valence-corrected chi connectivity index (χ2v) is 4.39. The van der Waals surface area contributed by atoms with Crippen LogP contribution >= 0.6 is 0 Å². The summed E-state index contributed by atoms with van der Waals surface area (Å²) in [4.78, 5) is 11.3. The van der Waals surface area contributed by atoms with Crippen LogP contribution in [-0.4, -0.2) is 4.68 Å². The van der Waals surface area contributed by atoms with Gasteiger partial charge >= 0.3 is 79.0 Å². The van der Waals surface area contributed by atoms with Crippen LogP contribution in [0.25, 0.3) is 0 Å². The van der Waals surface area contributed by atoms with Gasteiger partial charge in [-0.05, 0) is 0 Å². The van der Waals surface area contributed by atoms with Crippen molar-refractivity contribution in [3.05, 3.63) is 34.9 Å². The molecular formula is C10H12FeO.